The summed E-state index contributed by atoms with van der Waals surface area (Å²) in [5.41, 5.74) is 0.0983. The third-order valence-electron chi connectivity index (χ3n) is 3.75. The highest BCUT2D eigenvalue weighted by atomic mass is 32.2. The Morgan fingerprint density at radius 2 is 2.00 bits per heavy atom. The van der Waals surface area contributed by atoms with Gasteiger partial charge in [0.1, 0.15) is 35.4 Å². The Morgan fingerprint density at radius 3 is 2.69 bits per heavy atom. The molecule has 0 aliphatic carbocycles. The van der Waals surface area contributed by atoms with Crippen LogP contribution in [-0.2, 0) is 18.0 Å². The minimum absolute atomic E-state index is 0.100. The van der Waals surface area contributed by atoms with Crippen molar-refractivity contribution in [3.63, 3.8) is 0 Å². The van der Waals surface area contributed by atoms with Crippen molar-refractivity contribution in [2.24, 2.45) is 0 Å². The fourth-order valence-corrected chi connectivity index (χ4v) is 3.47. The second-order valence-electron chi connectivity index (χ2n) is 5.69. The maximum Gasteiger partial charge on any atom is 0.345 e. The number of thiazole rings is 1. The number of aromatic nitrogens is 1. The van der Waals surface area contributed by atoms with Crippen molar-refractivity contribution in [2.75, 3.05) is 6.26 Å². The van der Waals surface area contributed by atoms with Gasteiger partial charge in [-0.15, -0.1) is 23.1 Å². The maximum absolute atomic E-state index is 12.9. The molecular weight excluding hydrogens is 419 g/mol. The average molecular weight is 434 g/mol. The second kappa shape index (κ2) is 9.48. The number of thioether (sulfide) groups is 1. The van der Waals surface area contributed by atoms with E-state index in [2.05, 4.69) is 4.98 Å². The smallest absolute Gasteiger partial charge is 0.345 e. The van der Waals surface area contributed by atoms with Gasteiger partial charge < -0.3 is 9.47 Å². The number of hydrogen-bond donors (Lipinski definition) is 0. The summed E-state index contributed by atoms with van der Waals surface area (Å²) in [6.07, 6.45) is 1.81. The molecule has 0 spiro atoms. The molecule has 0 atom stereocenters. The molecule has 3 rings (SSSR count). The fourth-order valence-electron chi connectivity index (χ4n) is 2.34. The standard InChI is InChI=1S/C19H15FN2O5S2/c1-28-15-6-7-17(22(24)25)16(8-15)19(23)27-9-13-11-29-18(21-13)10-26-14-4-2-12(20)3-5-14/h2-8,11H,9-10H2,1H3. The number of carbonyl (C=O) groups excluding carboxylic acids is 1. The Morgan fingerprint density at radius 1 is 1.24 bits per heavy atom. The van der Waals surface area contributed by atoms with Crippen LogP contribution in [0.15, 0.2) is 52.7 Å². The van der Waals surface area contributed by atoms with Gasteiger partial charge in [-0.3, -0.25) is 10.1 Å². The SMILES string of the molecule is CSc1ccc([N+](=O)[O-])c(C(=O)OCc2csc(COc3ccc(F)cc3)n2)c1. The lowest BCUT2D eigenvalue weighted by molar-refractivity contribution is -0.385. The molecule has 29 heavy (non-hydrogen) atoms. The van der Waals surface area contributed by atoms with Crippen molar-refractivity contribution in [3.05, 3.63) is 80.0 Å². The van der Waals surface area contributed by atoms with E-state index in [4.69, 9.17) is 9.47 Å². The van der Waals surface area contributed by atoms with Crippen LogP contribution < -0.4 is 4.74 Å². The van der Waals surface area contributed by atoms with E-state index in [1.165, 1.54) is 59.5 Å². The van der Waals surface area contributed by atoms with Gasteiger partial charge >= 0.3 is 5.97 Å². The quantitative estimate of drug-likeness (QED) is 0.217. The Hall–Kier alpha value is -2.98. The summed E-state index contributed by atoms with van der Waals surface area (Å²) in [6.45, 7) is 0.0675. The summed E-state index contributed by atoms with van der Waals surface area (Å²) < 4.78 is 23.6. The zero-order chi connectivity index (χ0) is 20.8. The number of benzene rings is 2. The van der Waals surface area contributed by atoms with Crippen LogP contribution in [0.1, 0.15) is 21.1 Å². The lowest BCUT2D eigenvalue weighted by Gasteiger charge is -2.06. The van der Waals surface area contributed by atoms with Gasteiger partial charge in [0, 0.05) is 16.3 Å². The van der Waals surface area contributed by atoms with Crippen LogP contribution >= 0.6 is 23.1 Å². The molecule has 3 aromatic rings. The number of nitro groups is 1. The second-order valence-corrected chi connectivity index (χ2v) is 7.51. The molecule has 1 heterocycles. The van der Waals surface area contributed by atoms with Gasteiger partial charge in [0.2, 0.25) is 0 Å². The highest BCUT2D eigenvalue weighted by molar-refractivity contribution is 7.98. The molecule has 0 N–H and O–H groups in total. The van der Waals surface area contributed by atoms with Crippen molar-refractivity contribution in [3.8, 4) is 5.75 Å². The topological polar surface area (TPSA) is 91.6 Å². The predicted octanol–water partition coefficient (Wildman–Crippen LogP) is 4.85. The largest absolute Gasteiger partial charge is 0.486 e. The van der Waals surface area contributed by atoms with Gasteiger partial charge in [-0.25, -0.2) is 14.2 Å². The number of hydrogen-bond acceptors (Lipinski definition) is 8. The third-order valence-corrected chi connectivity index (χ3v) is 5.34. The molecule has 0 aliphatic heterocycles. The van der Waals surface area contributed by atoms with Crippen LogP contribution in [-0.4, -0.2) is 22.1 Å². The molecule has 10 heteroatoms. The zero-order valence-corrected chi connectivity index (χ0v) is 16.8. The summed E-state index contributed by atoms with van der Waals surface area (Å²) in [4.78, 5) is 27.9. The summed E-state index contributed by atoms with van der Waals surface area (Å²) in [5, 5.41) is 13.5. The molecule has 0 aliphatic rings. The molecule has 0 fully saturated rings. The third kappa shape index (κ3) is 5.52. The highest BCUT2D eigenvalue weighted by Gasteiger charge is 2.22. The number of rotatable bonds is 8. The minimum atomic E-state index is -0.787. The van der Waals surface area contributed by atoms with E-state index in [1.807, 2.05) is 0 Å². The molecule has 0 bridgehead atoms. The molecule has 7 nitrogen and oxygen atoms in total. The number of esters is 1. The minimum Gasteiger partial charge on any atom is -0.486 e. The molecule has 1 aromatic heterocycles. The van der Waals surface area contributed by atoms with Crippen LogP contribution in [0.2, 0.25) is 0 Å². The zero-order valence-electron chi connectivity index (χ0n) is 15.2. The Kier molecular flexibility index (Phi) is 6.78. The monoisotopic (exact) mass is 434 g/mol. The van der Waals surface area contributed by atoms with Crippen LogP contribution in [0.3, 0.4) is 0 Å². The van der Waals surface area contributed by atoms with Crippen LogP contribution in [0.5, 0.6) is 5.75 Å². The lowest BCUT2D eigenvalue weighted by atomic mass is 10.2. The van der Waals surface area contributed by atoms with Crippen molar-refractivity contribution >= 4 is 34.8 Å². The van der Waals surface area contributed by atoms with Crippen LogP contribution in [0.4, 0.5) is 10.1 Å². The number of nitrogens with zero attached hydrogens (tertiary/aromatic N) is 2. The Balaban J connectivity index is 1.60. The van der Waals surface area contributed by atoms with Crippen LogP contribution in [0.25, 0.3) is 0 Å². The molecule has 0 saturated carbocycles. The summed E-state index contributed by atoms with van der Waals surface area (Å²) in [6, 6.07) is 9.93. The average Bonchev–Trinajstić information content (AvgIpc) is 3.19. The van der Waals surface area contributed by atoms with Crippen molar-refractivity contribution < 1.29 is 23.6 Å². The first-order valence-electron chi connectivity index (χ1n) is 8.27. The molecule has 0 unspecified atom stereocenters. The predicted molar refractivity (Wildman–Crippen MR) is 107 cm³/mol. The van der Waals surface area contributed by atoms with E-state index >= 15 is 0 Å². The first-order valence-corrected chi connectivity index (χ1v) is 10.4. The molecule has 150 valence electrons. The fraction of sp³-hybridized carbons (Fsp3) is 0.158. The molecule has 0 radical (unpaired) electrons. The van der Waals surface area contributed by atoms with E-state index < -0.39 is 10.9 Å². The van der Waals surface area contributed by atoms with Gasteiger partial charge in [-0.1, -0.05) is 0 Å². The highest BCUT2D eigenvalue weighted by Crippen LogP contribution is 2.26. The first kappa shape index (κ1) is 20.7. The number of nitro benzene ring substituents is 1. The van der Waals surface area contributed by atoms with E-state index in [0.717, 1.165) is 4.90 Å². The van der Waals surface area contributed by atoms with E-state index in [-0.39, 0.29) is 30.3 Å². The van der Waals surface area contributed by atoms with Gasteiger partial charge in [-0.05, 0) is 42.7 Å². The molecule has 0 amide bonds. The van der Waals surface area contributed by atoms with Crippen LogP contribution in [0, 0.1) is 15.9 Å². The normalized spacial score (nSPS) is 10.6. The van der Waals surface area contributed by atoms with Gasteiger partial charge in [-0.2, -0.15) is 0 Å². The van der Waals surface area contributed by atoms with Gasteiger partial charge in [0.05, 0.1) is 10.6 Å². The Labute approximate surface area is 173 Å². The van der Waals surface area contributed by atoms with Crippen molar-refractivity contribution in [2.45, 2.75) is 18.1 Å². The van der Waals surface area contributed by atoms with E-state index in [9.17, 15) is 19.3 Å². The number of halogens is 1. The van der Waals surface area contributed by atoms with Crippen molar-refractivity contribution in [1.82, 2.24) is 4.98 Å². The number of carbonyl (C=O) groups is 1. The molecule has 2 aromatic carbocycles. The molecule has 0 saturated heterocycles. The maximum atomic E-state index is 12.9. The van der Waals surface area contributed by atoms with E-state index in [1.54, 1.807) is 17.7 Å². The summed E-state index contributed by atoms with van der Waals surface area (Å²) in [5.74, 6) is -0.626. The summed E-state index contributed by atoms with van der Waals surface area (Å²) in [7, 11) is 0. The molecular formula is C19H15FN2O5S2. The van der Waals surface area contributed by atoms with Gasteiger partial charge in [0.25, 0.3) is 5.69 Å². The lowest BCUT2D eigenvalue weighted by Crippen LogP contribution is -2.09. The van der Waals surface area contributed by atoms with Crippen molar-refractivity contribution in [1.29, 1.82) is 0 Å². The van der Waals surface area contributed by atoms with E-state index in [0.29, 0.717) is 16.5 Å². The first-order chi connectivity index (χ1) is 14.0. The van der Waals surface area contributed by atoms with Gasteiger partial charge in [0.15, 0.2) is 0 Å². The summed E-state index contributed by atoms with van der Waals surface area (Å²) >= 11 is 2.69. The Bertz CT molecular complexity index is 1020. The number of ether oxygens (including phenoxy) is 2.